The van der Waals surface area contributed by atoms with Crippen molar-refractivity contribution in [1.29, 1.82) is 0 Å². The molecule has 1 amide bonds. The third-order valence-corrected chi connectivity index (χ3v) is 4.07. The molecule has 1 aliphatic heterocycles. The molecule has 0 aliphatic carbocycles. The summed E-state index contributed by atoms with van der Waals surface area (Å²) in [5.41, 5.74) is 0.755. The van der Waals surface area contributed by atoms with Crippen LogP contribution in [-0.2, 0) is 14.3 Å². The minimum atomic E-state index is -0.775. The summed E-state index contributed by atoms with van der Waals surface area (Å²) in [4.78, 5) is 16.8. The predicted molar refractivity (Wildman–Crippen MR) is 97.8 cm³/mol. The van der Waals surface area contributed by atoms with Crippen LogP contribution in [0.2, 0.25) is 0 Å². The van der Waals surface area contributed by atoms with Gasteiger partial charge in [-0.25, -0.2) is 4.98 Å². The van der Waals surface area contributed by atoms with E-state index in [1.807, 2.05) is 37.3 Å². The van der Waals surface area contributed by atoms with Crippen LogP contribution in [0.5, 0.6) is 5.88 Å². The van der Waals surface area contributed by atoms with Crippen LogP contribution in [0.4, 0.5) is 5.69 Å². The summed E-state index contributed by atoms with van der Waals surface area (Å²) >= 11 is 0. The molecule has 6 nitrogen and oxygen atoms in total. The Morgan fingerprint density at radius 2 is 2.04 bits per heavy atom. The van der Waals surface area contributed by atoms with Crippen molar-refractivity contribution < 1.29 is 19.0 Å². The van der Waals surface area contributed by atoms with Crippen LogP contribution in [-0.4, -0.2) is 30.7 Å². The van der Waals surface area contributed by atoms with Gasteiger partial charge in [-0.2, -0.15) is 0 Å². The number of pyridine rings is 1. The fourth-order valence-electron chi connectivity index (χ4n) is 2.51. The average Bonchev–Trinajstić information content (AvgIpc) is 2.68. The maximum absolute atomic E-state index is 12.6. The van der Waals surface area contributed by atoms with Crippen molar-refractivity contribution in [1.82, 2.24) is 4.98 Å². The number of hydrogen-bond acceptors (Lipinski definition) is 5. The van der Waals surface area contributed by atoms with Crippen LogP contribution < -0.4 is 10.1 Å². The van der Waals surface area contributed by atoms with Gasteiger partial charge in [0, 0.05) is 11.6 Å². The second-order valence-electron chi connectivity index (χ2n) is 6.36. The lowest BCUT2D eigenvalue weighted by atomic mass is 9.90. The van der Waals surface area contributed by atoms with E-state index in [4.69, 9.17) is 14.2 Å². The first-order chi connectivity index (χ1) is 12.6. The van der Waals surface area contributed by atoms with E-state index in [2.05, 4.69) is 16.9 Å². The molecule has 26 heavy (non-hydrogen) atoms. The lowest BCUT2D eigenvalue weighted by Gasteiger charge is -2.36. The molecule has 3 rings (SSSR count). The number of nitrogens with one attached hydrogen (secondary N) is 1. The van der Waals surface area contributed by atoms with Gasteiger partial charge in [0.2, 0.25) is 11.8 Å². The Bertz CT molecular complexity index is 738. The number of hydrogen-bond donors (Lipinski definition) is 1. The predicted octanol–water partition coefficient (Wildman–Crippen LogP) is 3.34. The van der Waals surface area contributed by atoms with Crippen LogP contribution in [0, 0.1) is 5.41 Å². The molecule has 0 spiro atoms. The largest absolute Gasteiger partial charge is 0.473 e. The molecule has 2 aromatic rings. The minimum Gasteiger partial charge on any atom is -0.473 e. The summed E-state index contributed by atoms with van der Waals surface area (Å²) in [6.07, 6.45) is 2.75. The highest BCUT2D eigenvalue weighted by Gasteiger charge is 2.39. The number of amides is 1. The van der Waals surface area contributed by atoms with Crippen LogP contribution in [0.15, 0.2) is 61.3 Å². The number of rotatable bonds is 6. The van der Waals surface area contributed by atoms with E-state index in [-0.39, 0.29) is 19.1 Å². The normalized spacial score (nSPS) is 22.4. The zero-order valence-corrected chi connectivity index (χ0v) is 14.7. The monoisotopic (exact) mass is 354 g/mol. The lowest BCUT2D eigenvalue weighted by Crippen LogP contribution is -2.45. The van der Waals surface area contributed by atoms with E-state index < -0.39 is 11.7 Å². The summed E-state index contributed by atoms with van der Waals surface area (Å²) in [5.74, 6) is 0.301. The SMILES string of the molecule is C=CCOc1ccc(NC(=O)C2(C)COC(c3ccccc3)OC2)cn1. The van der Waals surface area contributed by atoms with Crippen LogP contribution in [0.3, 0.4) is 0 Å². The zero-order valence-electron chi connectivity index (χ0n) is 14.7. The van der Waals surface area contributed by atoms with Crippen molar-refractivity contribution >= 4 is 11.6 Å². The lowest BCUT2D eigenvalue weighted by molar-refractivity contribution is -0.226. The van der Waals surface area contributed by atoms with E-state index in [1.54, 1.807) is 24.4 Å². The third-order valence-electron chi connectivity index (χ3n) is 4.07. The number of carbonyl (C=O) groups is 1. The summed E-state index contributed by atoms with van der Waals surface area (Å²) in [6.45, 7) is 6.32. The Hall–Kier alpha value is -2.70. The van der Waals surface area contributed by atoms with Gasteiger partial charge in [0.15, 0.2) is 6.29 Å². The summed E-state index contributed by atoms with van der Waals surface area (Å²) in [6, 6.07) is 13.1. The molecule has 0 unspecified atom stereocenters. The molecule has 0 saturated carbocycles. The number of nitrogens with zero attached hydrogens (tertiary/aromatic N) is 1. The minimum absolute atomic E-state index is 0.175. The molecule has 1 saturated heterocycles. The van der Waals surface area contributed by atoms with E-state index in [0.717, 1.165) is 5.56 Å². The molecule has 1 N–H and O–H groups in total. The summed E-state index contributed by atoms with van der Waals surface area (Å²) in [5, 5.41) is 2.85. The maximum Gasteiger partial charge on any atom is 0.235 e. The molecular formula is C20H22N2O4. The molecule has 0 radical (unpaired) electrons. The van der Waals surface area contributed by atoms with Crippen LogP contribution >= 0.6 is 0 Å². The Morgan fingerprint density at radius 3 is 2.65 bits per heavy atom. The van der Waals surface area contributed by atoms with Crippen molar-refractivity contribution in [3.63, 3.8) is 0 Å². The maximum atomic E-state index is 12.6. The molecule has 1 fully saturated rings. The van der Waals surface area contributed by atoms with Gasteiger partial charge < -0.3 is 19.5 Å². The molecule has 1 aromatic heterocycles. The van der Waals surface area contributed by atoms with Gasteiger partial charge >= 0.3 is 0 Å². The Kier molecular flexibility index (Phi) is 5.65. The van der Waals surface area contributed by atoms with Crippen LogP contribution in [0.25, 0.3) is 0 Å². The Morgan fingerprint density at radius 1 is 1.31 bits per heavy atom. The number of anilines is 1. The van der Waals surface area contributed by atoms with Crippen molar-refractivity contribution in [2.24, 2.45) is 5.41 Å². The van der Waals surface area contributed by atoms with E-state index >= 15 is 0 Å². The third kappa shape index (κ3) is 4.28. The smallest absolute Gasteiger partial charge is 0.235 e. The number of benzene rings is 1. The molecule has 0 atom stereocenters. The second kappa shape index (κ2) is 8.12. The number of aromatic nitrogens is 1. The average molecular weight is 354 g/mol. The van der Waals surface area contributed by atoms with Crippen molar-refractivity contribution in [2.75, 3.05) is 25.1 Å². The highest BCUT2D eigenvalue weighted by Crippen LogP contribution is 2.32. The fourth-order valence-corrected chi connectivity index (χ4v) is 2.51. The highest BCUT2D eigenvalue weighted by atomic mass is 16.7. The van der Waals surface area contributed by atoms with Gasteiger partial charge in [-0.1, -0.05) is 43.0 Å². The highest BCUT2D eigenvalue weighted by molar-refractivity contribution is 5.95. The van der Waals surface area contributed by atoms with E-state index in [0.29, 0.717) is 18.2 Å². The zero-order chi connectivity index (χ0) is 18.4. The Labute approximate surface area is 152 Å². The number of ether oxygens (including phenoxy) is 3. The molecule has 136 valence electrons. The van der Waals surface area contributed by atoms with E-state index in [9.17, 15) is 4.79 Å². The molecule has 2 heterocycles. The van der Waals surface area contributed by atoms with Gasteiger partial charge in [0.05, 0.1) is 30.5 Å². The molecule has 1 aromatic carbocycles. The number of carbonyl (C=O) groups excluding carboxylic acids is 1. The molecular weight excluding hydrogens is 332 g/mol. The standard InChI is InChI=1S/C20H22N2O4/c1-3-11-24-17-10-9-16(12-21-17)22-19(23)20(2)13-25-18(26-14-20)15-7-5-4-6-8-15/h3-10,12,18H,1,11,13-14H2,2H3,(H,22,23). The van der Waals surface area contributed by atoms with Gasteiger partial charge in [0.25, 0.3) is 0 Å². The first-order valence-corrected chi connectivity index (χ1v) is 8.40. The van der Waals surface area contributed by atoms with Crippen LogP contribution in [0.1, 0.15) is 18.8 Å². The molecule has 1 aliphatic rings. The Balaban J connectivity index is 1.57. The second-order valence-corrected chi connectivity index (χ2v) is 6.36. The quantitative estimate of drug-likeness (QED) is 0.806. The first-order valence-electron chi connectivity index (χ1n) is 8.40. The molecule has 0 bridgehead atoms. The van der Waals surface area contributed by atoms with Gasteiger partial charge in [0.1, 0.15) is 6.61 Å². The van der Waals surface area contributed by atoms with Gasteiger partial charge in [-0.05, 0) is 13.0 Å². The van der Waals surface area contributed by atoms with Gasteiger partial charge in [-0.15, -0.1) is 0 Å². The first kappa shape index (κ1) is 18.1. The van der Waals surface area contributed by atoms with E-state index in [1.165, 1.54) is 0 Å². The topological polar surface area (TPSA) is 69.7 Å². The fraction of sp³-hybridized carbons (Fsp3) is 0.300. The van der Waals surface area contributed by atoms with Crippen molar-refractivity contribution in [3.05, 3.63) is 66.9 Å². The summed E-state index contributed by atoms with van der Waals surface area (Å²) in [7, 11) is 0. The van der Waals surface area contributed by atoms with Crippen molar-refractivity contribution in [3.8, 4) is 5.88 Å². The molecule has 6 heteroatoms. The summed E-state index contributed by atoms with van der Waals surface area (Å²) < 4.78 is 16.9. The van der Waals surface area contributed by atoms with Gasteiger partial charge in [-0.3, -0.25) is 4.79 Å². The van der Waals surface area contributed by atoms with Crippen molar-refractivity contribution in [2.45, 2.75) is 13.2 Å².